The van der Waals surface area contributed by atoms with Gasteiger partial charge in [0.15, 0.2) is 0 Å². The van der Waals surface area contributed by atoms with Crippen LogP contribution in [0.4, 0.5) is 0 Å². The van der Waals surface area contributed by atoms with Crippen LogP contribution in [-0.2, 0) is 0 Å². The first-order chi connectivity index (χ1) is 8.57. The zero-order chi connectivity index (χ0) is 13.8. The summed E-state index contributed by atoms with van der Waals surface area (Å²) in [5.41, 5.74) is 2.87. The van der Waals surface area contributed by atoms with E-state index in [1.54, 1.807) is 0 Å². The predicted molar refractivity (Wildman–Crippen MR) is 85.0 cm³/mol. The summed E-state index contributed by atoms with van der Waals surface area (Å²) in [5.74, 6) is 0.710. The normalized spacial score (nSPS) is 12.2. The number of hydrogen-bond donors (Lipinski definition) is 0. The summed E-state index contributed by atoms with van der Waals surface area (Å²) in [6.45, 7) is 13.2. The molecular weight excluding hydrogens is 216 g/mol. The Morgan fingerprint density at radius 2 is 1.67 bits per heavy atom. The van der Waals surface area contributed by atoms with Gasteiger partial charge in [0.25, 0.3) is 0 Å². The lowest BCUT2D eigenvalue weighted by Gasteiger charge is -2.14. The molecule has 0 aromatic rings. The molecule has 0 aromatic heterocycles. The van der Waals surface area contributed by atoms with E-state index in [9.17, 15) is 0 Å². The molecular formula is C18H34. The standard InChI is InChI=1S/C18H34/c1-6-7-8-9-10-11-14-17(4)18(5)15-12-13-16(2)3/h13,17H,5-12,14-15H2,1-4H3. The fraction of sp³-hybridized carbons (Fsp3) is 0.778. The van der Waals surface area contributed by atoms with Gasteiger partial charge in [-0.1, -0.05) is 76.2 Å². The van der Waals surface area contributed by atoms with E-state index in [1.807, 2.05) is 0 Å². The number of hydrogen-bond acceptors (Lipinski definition) is 0. The van der Waals surface area contributed by atoms with Crippen molar-refractivity contribution in [2.45, 2.75) is 85.5 Å². The van der Waals surface area contributed by atoms with Crippen LogP contribution < -0.4 is 0 Å². The largest absolute Gasteiger partial charge is 0.0996 e. The van der Waals surface area contributed by atoms with Gasteiger partial charge in [-0.05, 0) is 39.0 Å². The summed E-state index contributed by atoms with van der Waals surface area (Å²) in [7, 11) is 0. The average molecular weight is 250 g/mol. The van der Waals surface area contributed by atoms with Crippen molar-refractivity contribution in [2.24, 2.45) is 5.92 Å². The molecule has 0 heteroatoms. The van der Waals surface area contributed by atoms with E-state index < -0.39 is 0 Å². The molecule has 0 aliphatic carbocycles. The highest BCUT2D eigenvalue weighted by atomic mass is 14.1. The molecule has 0 bridgehead atoms. The quantitative estimate of drug-likeness (QED) is 0.283. The molecule has 0 aromatic carbocycles. The van der Waals surface area contributed by atoms with Gasteiger partial charge in [-0.25, -0.2) is 0 Å². The van der Waals surface area contributed by atoms with Gasteiger partial charge in [0.2, 0.25) is 0 Å². The van der Waals surface area contributed by atoms with E-state index in [-0.39, 0.29) is 0 Å². The zero-order valence-corrected chi connectivity index (χ0v) is 13.2. The molecule has 0 radical (unpaired) electrons. The monoisotopic (exact) mass is 250 g/mol. The summed E-state index contributed by atoms with van der Waals surface area (Å²) < 4.78 is 0. The first-order valence-electron chi connectivity index (χ1n) is 7.89. The van der Waals surface area contributed by atoms with Crippen molar-refractivity contribution in [1.29, 1.82) is 0 Å². The fourth-order valence-electron chi connectivity index (χ4n) is 2.23. The van der Waals surface area contributed by atoms with Crippen molar-refractivity contribution < 1.29 is 0 Å². The summed E-state index contributed by atoms with van der Waals surface area (Å²) in [6, 6.07) is 0. The van der Waals surface area contributed by atoms with Crippen molar-refractivity contribution in [3.05, 3.63) is 23.8 Å². The van der Waals surface area contributed by atoms with Gasteiger partial charge in [-0.3, -0.25) is 0 Å². The summed E-state index contributed by atoms with van der Waals surface area (Å²) in [5, 5.41) is 0. The fourth-order valence-corrected chi connectivity index (χ4v) is 2.23. The van der Waals surface area contributed by atoms with Gasteiger partial charge in [0.1, 0.15) is 0 Å². The molecule has 0 aliphatic rings. The van der Waals surface area contributed by atoms with Crippen LogP contribution in [0.1, 0.15) is 85.5 Å². The van der Waals surface area contributed by atoms with Gasteiger partial charge in [0, 0.05) is 0 Å². The van der Waals surface area contributed by atoms with Crippen LogP contribution in [0.15, 0.2) is 23.8 Å². The Morgan fingerprint density at radius 3 is 2.28 bits per heavy atom. The maximum Gasteiger partial charge on any atom is -0.0234 e. The summed E-state index contributed by atoms with van der Waals surface area (Å²) in [4.78, 5) is 0. The topological polar surface area (TPSA) is 0 Å². The minimum absolute atomic E-state index is 0.710. The van der Waals surface area contributed by atoms with Crippen LogP contribution in [0.2, 0.25) is 0 Å². The first-order valence-corrected chi connectivity index (χ1v) is 7.89. The summed E-state index contributed by atoms with van der Waals surface area (Å²) >= 11 is 0. The van der Waals surface area contributed by atoms with E-state index in [0.717, 1.165) is 0 Å². The van der Waals surface area contributed by atoms with Gasteiger partial charge in [-0.2, -0.15) is 0 Å². The van der Waals surface area contributed by atoms with Crippen molar-refractivity contribution in [3.63, 3.8) is 0 Å². The predicted octanol–water partition coefficient (Wildman–Crippen LogP) is 6.68. The molecule has 0 rings (SSSR count). The van der Waals surface area contributed by atoms with Gasteiger partial charge in [0.05, 0.1) is 0 Å². The first kappa shape index (κ1) is 17.5. The molecule has 0 heterocycles. The molecule has 0 saturated carbocycles. The Morgan fingerprint density at radius 1 is 1.06 bits per heavy atom. The van der Waals surface area contributed by atoms with Crippen LogP contribution in [0.25, 0.3) is 0 Å². The molecule has 0 aliphatic heterocycles. The second-order valence-electron chi connectivity index (χ2n) is 5.94. The van der Waals surface area contributed by atoms with Gasteiger partial charge < -0.3 is 0 Å². The van der Waals surface area contributed by atoms with E-state index in [1.165, 1.54) is 68.9 Å². The number of rotatable bonds is 11. The van der Waals surface area contributed by atoms with Crippen LogP contribution >= 0.6 is 0 Å². The van der Waals surface area contributed by atoms with Crippen molar-refractivity contribution in [3.8, 4) is 0 Å². The minimum atomic E-state index is 0.710. The highest BCUT2D eigenvalue weighted by molar-refractivity contribution is 5.02. The third-order valence-electron chi connectivity index (χ3n) is 3.71. The molecule has 0 saturated heterocycles. The zero-order valence-electron chi connectivity index (χ0n) is 13.2. The van der Waals surface area contributed by atoms with Crippen LogP contribution in [0, 0.1) is 5.92 Å². The van der Waals surface area contributed by atoms with Gasteiger partial charge >= 0.3 is 0 Å². The Balaban J connectivity index is 3.53. The van der Waals surface area contributed by atoms with Crippen LogP contribution in [0.5, 0.6) is 0 Å². The van der Waals surface area contributed by atoms with Crippen LogP contribution in [0.3, 0.4) is 0 Å². The molecule has 0 amide bonds. The lowest BCUT2D eigenvalue weighted by Crippen LogP contribution is -1.98. The highest BCUT2D eigenvalue weighted by Crippen LogP contribution is 2.21. The molecule has 1 unspecified atom stereocenters. The Hall–Kier alpha value is -0.520. The van der Waals surface area contributed by atoms with E-state index in [2.05, 4.69) is 40.3 Å². The van der Waals surface area contributed by atoms with E-state index in [4.69, 9.17) is 0 Å². The third kappa shape index (κ3) is 10.6. The lowest BCUT2D eigenvalue weighted by molar-refractivity contribution is 0.520. The molecule has 0 nitrogen and oxygen atoms in total. The van der Waals surface area contributed by atoms with Gasteiger partial charge in [-0.15, -0.1) is 0 Å². The SMILES string of the molecule is C=C(CCC=C(C)C)C(C)CCCCCCCC. The smallest absolute Gasteiger partial charge is 0.0234 e. The molecule has 0 N–H and O–H groups in total. The second kappa shape index (κ2) is 11.6. The van der Waals surface area contributed by atoms with E-state index in [0.29, 0.717) is 5.92 Å². The Labute approximate surface area is 116 Å². The number of unbranched alkanes of at least 4 members (excludes halogenated alkanes) is 5. The number of allylic oxidation sites excluding steroid dienone is 3. The Kier molecular flexibility index (Phi) is 11.2. The van der Waals surface area contributed by atoms with Crippen molar-refractivity contribution >= 4 is 0 Å². The van der Waals surface area contributed by atoms with Crippen LogP contribution in [-0.4, -0.2) is 0 Å². The lowest BCUT2D eigenvalue weighted by atomic mass is 9.92. The van der Waals surface area contributed by atoms with Crippen molar-refractivity contribution in [2.75, 3.05) is 0 Å². The maximum atomic E-state index is 4.25. The second-order valence-corrected chi connectivity index (χ2v) is 5.94. The molecule has 0 spiro atoms. The summed E-state index contributed by atoms with van der Waals surface area (Å²) in [6.07, 6.45) is 14.4. The average Bonchev–Trinajstić information content (AvgIpc) is 2.32. The molecule has 18 heavy (non-hydrogen) atoms. The van der Waals surface area contributed by atoms with E-state index >= 15 is 0 Å². The van der Waals surface area contributed by atoms with Crippen molar-refractivity contribution in [1.82, 2.24) is 0 Å². The highest BCUT2D eigenvalue weighted by Gasteiger charge is 2.05. The molecule has 0 fully saturated rings. The minimum Gasteiger partial charge on any atom is -0.0996 e. The Bertz CT molecular complexity index is 230. The third-order valence-corrected chi connectivity index (χ3v) is 3.71. The molecule has 1 atom stereocenters. The maximum absolute atomic E-state index is 4.25. The molecule has 106 valence electrons.